The summed E-state index contributed by atoms with van der Waals surface area (Å²) in [4.78, 5) is 12.5. The quantitative estimate of drug-likeness (QED) is 0.790. The molecule has 0 saturated carbocycles. The van der Waals surface area contributed by atoms with Gasteiger partial charge in [0.05, 0.1) is 0 Å². The van der Waals surface area contributed by atoms with E-state index in [-0.39, 0.29) is 18.3 Å². The predicted molar refractivity (Wildman–Crippen MR) is 103 cm³/mol. The average molecular weight is 367 g/mol. The number of para-hydroxylation sites is 1. The molecule has 2 N–H and O–H groups in total. The minimum absolute atomic E-state index is 0. The predicted octanol–water partition coefficient (Wildman–Crippen LogP) is 3.35. The molecule has 0 aliphatic carbocycles. The topological polar surface area (TPSA) is 58.2 Å². The molecule has 0 aromatic heterocycles. The molecule has 2 aromatic rings. The third kappa shape index (κ3) is 6.07. The molecule has 4 nitrogen and oxygen atoms in total. The Labute approximate surface area is 151 Å². The van der Waals surface area contributed by atoms with Crippen LogP contribution in [0.25, 0.3) is 0 Å². The fourth-order valence-corrected chi connectivity index (χ4v) is 2.94. The first kappa shape index (κ1) is 20.4. The van der Waals surface area contributed by atoms with Crippen LogP contribution in [0.4, 0.5) is 5.69 Å². The van der Waals surface area contributed by atoms with Crippen LogP contribution in [-0.2, 0) is 23.1 Å². The molecule has 24 heavy (non-hydrogen) atoms. The van der Waals surface area contributed by atoms with Crippen molar-refractivity contribution in [3.8, 4) is 0 Å². The Kier molecular flexibility index (Phi) is 8.68. The molecule has 130 valence electrons. The van der Waals surface area contributed by atoms with Gasteiger partial charge in [-0.1, -0.05) is 37.3 Å². The van der Waals surface area contributed by atoms with Crippen molar-refractivity contribution in [2.24, 2.45) is 0 Å². The van der Waals surface area contributed by atoms with Crippen molar-refractivity contribution in [3.63, 3.8) is 0 Å². The molecule has 0 heterocycles. The monoisotopic (exact) mass is 366 g/mol. The van der Waals surface area contributed by atoms with Crippen LogP contribution >= 0.6 is 12.4 Å². The summed E-state index contributed by atoms with van der Waals surface area (Å²) in [5.41, 5.74) is 3.34. The summed E-state index contributed by atoms with van der Waals surface area (Å²) >= 11 is 0. The van der Waals surface area contributed by atoms with E-state index < -0.39 is 10.8 Å². The number of anilines is 1. The Bertz CT molecular complexity index is 707. The minimum atomic E-state index is -0.923. The Hall–Kier alpha value is -1.69. The van der Waals surface area contributed by atoms with Crippen LogP contribution in [0.1, 0.15) is 28.4 Å². The van der Waals surface area contributed by atoms with Gasteiger partial charge in [0.2, 0.25) is 0 Å². The van der Waals surface area contributed by atoms with Crippen molar-refractivity contribution in [3.05, 3.63) is 65.2 Å². The molecule has 0 spiro atoms. The number of amides is 1. The van der Waals surface area contributed by atoms with Gasteiger partial charge in [0, 0.05) is 40.6 Å². The van der Waals surface area contributed by atoms with E-state index in [9.17, 15) is 9.00 Å². The maximum atomic E-state index is 12.5. The van der Waals surface area contributed by atoms with E-state index in [1.807, 2.05) is 43.3 Å². The largest absolute Gasteiger partial charge is 0.322 e. The second-order valence-corrected chi connectivity index (χ2v) is 6.74. The normalized spacial score (nSPS) is 11.4. The van der Waals surface area contributed by atoms with Crippen LogP contribution in [-0.4, -0.2) is 22.9 Å². The SMILES string of the molecule is CCNCc1ccccc1NC(=O)c1cccc(CS(C)=O)c1.Cl. The fraction of sp³-hybridized carbons (Fsp3) is 0.278. The molecule has 0 radical (unpaired) electrons. The number of hydrogen-bond donors (Lipinski definition) is 2. The molecule has 0 aliphatic rings. The standard InChI is InChI=1S/C18H22N2O2S.ClH/c1-3-19-12-16-8-4-5-10-17(16)20-18(21)15-9-6-7-14(11-15)13-23(2)22;/h4-11,19H,3,12-13H2,1-2H3,(H,20,21);1H. The smallest absolute Gasteiger partial charge is 0.255 e. The summed E-state index contributed by atoms with van der Waals surface area (Å²) in [5.74, 6) is 0.302. The van der Waals surface area contributed by atoms with E-state index in [1.165, 1.54) is 0 Å². The molecular weight excluding hydrogens is 344 g/mol. The second kappa shape index (κ2) is 10.2. The molecule has 0 bridgehead atoms. The highest BCUT2D eigenvalue weighted by atomic mass is 35.5. The minimum Gasteiger partial charge on any atom is -0.322 e. The van der Waals surface area contributed by atoms with E-state index in [0.717, 1.165) is 23.4 Å². The summed E-state index contributed by atoms with van der Waals surface area (Å²) in [7, 11) is -0.923. The summed E-state index contributed by atoms with van der Waals surface area (Å²) < 4.78 is 11.3. The van der Waals surface area contributed by atoms with Crippen molar-refractivity contribution in [2.75, 3.05) is 18.1 Å². The Morgan fingerprint density at radius 2 is 1.88 bits per heavy atom. The number of halogens is 1. The van der Waals surface area contributed by atoms with Gasteiger partial charge in [-0.3, -0.25) is 9.00 Å². The molecule has 1 amide bonds. The summed E-state index contributed by atoms with van der Waals surface area (Å²) in [5, 5.41) is 6.23. The van der Waals surface area contributed by atoms with E-state index >= 15 is 0 Å². The maximum Gasteiger partial charge on any atom is 0.255 e. The van der Waals surface area contributed by atoms with Gasteiger partial charge in [0.15, 0.2) is 0 Å². The van der Waals surface area contributed by atoms with Crippen LogP contribution < -0.4 is 10.6 Å². The van der Waals surface area contributed by atoms with Crippen molar-refractivity contribution in [1.82, 2.24) is 5.32 Å². The average Bonchev–Trinajstić information content (AvgIpc) is 2.53. The molecule has 0 fully saturated rings. The van der Waals surface area contributed by atoms with Gasteiger partial charge >= 0.3 is 0 Å². The highest BCUT2D eigenvalue weighted by molar-refractivity contribution is 7.83. The zero-order valence-electron chi connectivity index (χ0n) is 13.9. The fourth-order valence-electron chi connectivity index (χ4n) is 2.29. The van der Waals surface area contributed by atoms with Gasteiger partial charge < -0.3 is 10.6 Å². The van der Waals surface area contributed by atoms with Gasteiger partial charge in [0.1, 0.15) is 0 Å². The van der Waals surface area contributed by atoms with E-state index in [4.69, 9.17) is 0 Å². The molecule has 0 saturated heterocycles. The van der Waals surface area contributed by atoms with Crippen molar-refractivity contribution in [1.29, 1.82) is 0 Å². The van der Waals surface area contributed by atoms with E-state index in [0.29, 0.717) is 17.9 Å². The lowest BCUT2D eigenvalue weighted by Crippen LogP contribution is -2.17. The third-order valence-corrected chi connectivity index (χ3v) is 4.13. The lowest BCUT2D eigenvalue weighted by atomic mass is 10.1. The highest BCUT2D eigenvalue weighted by Gasteiger charge is 2.09. The molecule has 6 heteroatoms. The van der Waals surface area contributed by atoms with Crippen LogP contribution in [0.15, 0.2) is 48.5 Å². The summed E-state index contributed by atoms with van der Waals surface area (Å²) in [6.07, 6.45) is 1.66. The number of benzene rings is 2. The Balaban J connectivity index is 0.00000288. The summed E-state index contributed by atoms with van der Waals surface area (Å²) in [6, 6.07) is 15.0. The van der Waals surface area contributed by atoms with Crippen LogP contribution in [0.2, 0.25) is 0 Å². The van der Waals surface area contributed by atoms with Gasteiger partial charge in [-0.2, -0.15) is 0 Å². The number of hydrogen-bond acceptors (Lipinski definition) is 3. The Morgan fingerprint density at radius 1 is 1.12 bits per heavy atom. The van der Waals surface area contributed by atoms with Gasteiger partial charge in [-0.25, -0.2) is 0 Å². The van der Waals surface area contributed by atoms with Crippen molar-refractivity contribution < 1.29 is 9.00 Å². The first-order valence-corrected chi connectivity index (χ1v) is 9.31. The third-order valence-electron chi connectivity index (χ3n) is 3.39. The van der Waals surface area contributed by atoms with Crippen molar-refractivity contribution in [2.45, 2.75) is 19.2 Å². The number of carbonyl (C=O) groups excluding carboxylic acids is 1. The molecule has 2 rings (SSSR count). The first-order chi connectivity index (χ1) is 11.1. The number of nitrogens with one attached hydrogen (secondary N) is 2. The van der Waals surface area contributed by atoms with Crippen LogP contribution in [0, 0.1) is 0 Å². The molecule has 2 aromatic carbocycles. The van der Waals surface area contributed by atoms with Gasteiger partial charge in [0.25, 0.3) is 5.91 Å². The Morgan fingerprint density at radius 3 is 2.58 bits per heavy atom. The zero-order chi connectivity index (χ0) is 16.7. The van der Waals surface area contributed by atoms with E-state index in [1.54, 1.807) is 18.4 Å². The lowest BCUT2D eigenvalue weighted by molar-refractivity contribution is 0.102. The first-order valence-electron chi connectivity index (χ1n) is 7.59. The van der Waals surface area contributed by atoms with Crippen LogP contribution in [0.3, 0.4) is 0 Å². The molecule has 1 atom stereocenters. The summed E-state index contributed by atoms with van der Waals surface area (Å²) in [6.45, 7) is 3.63. The molecular formula is C18H23ClN2O2S. The maximum absolute atomic E-state index is 12.5. The van der Waals surface area contributed by atoms with E-state index in [2.05, 4.69) is 10.6 Å². The second-order valence-electron chi connectivity index (χ2n) is 5.31. The highest BCUT2D eigenvalue weighted by Crippen LogP contribution is 2.17. The molecule has 1 unspecified atom stereocenters. The zero-order valence-corrected chi connectivity index (χ0v) is 15.5. The van der Waals surface area contributed by atoms with Gasteiger partial charge in [-0.15, -0.1) is 12.4 Å². The number of carbonyl (C=O) groups is 1. The van der Waals surface area contributed by atoms with Crippen LogP contribution in [0.5, 0.6) is 0 Å². The van der Waals surface area contributed by atoms with Crippen molar-refractivity contribution >= 4 is 34.8 Å². The van der Waals surface area contributed by atoms with Gasteiger partial charge in [-0.05, 0) is 35.9 Å². The lowest BCUT2D eigenvalue weighted by Gasteiger charge is -2.12. The number of rotatable bonds is 7. The molecule has 0 aliphatic heterocycles.